The summed E-state index contributed by atoms with van der Waals surface area (Å²) in [6.45, 7) is 8.34. The number of likely N-dealkylation sites (N-methyl/N-ethyl adjacent to an activating group) is 1. The number of amides is 1. The van der Waals surface area contributed by atoms with E-state index < -0.39 is 17.8 Å². The van der Waals surface area contributed by atoms with E-state index in [4.69, 9.17) is 14.7 Å². The van der Waals surface area contributed by atoms with Gasteiger partial charge in [-0.1, -0.05) is 12.1 Å². The van der Waals surface area contributed by atoms with Gasteiger partial charge in [0, 0.05) is 45.3 Å². The molecule has 0 aliphatic carbocycles. The third-order valence-electron chi connectivity index (χ3n) is 7.05. The van der Waals surface area contributed by atoms with E-state index in [0.717, 1.165) is 0 Å². The van der Waals surface area contributed by atoms with E-state index in [1.165, 1.54) is 4.57 Å². The van der Waals surface area contributed by atoms with Gasteiger partial charge in [0.25, 0.3) is 6.43 Å². The number of halogens is 2. The molecule has 2 aliphatic heterocycles. The molecule has 2 aromatic heterocycles. The van der Waals surface area contributed by atoms with Gasteiger partial charge in [0.1, 0.15) is 11.6 Å². The van der Waals surface area contributed by atoms with Crippen LogP contribution in [0, 0.1) is 0 Å². The summed E-state index contributed by atoms with van der Waals surface area (Å²) >= 11 is 0. The molecular formula is C25H32F2N8O2. The Morgan fingerprint density at radius 3 is 2.22 bits per heavy atom. The fourth-order valence-corrected chi connectivity index (χ4v) is 4.67. The molecule has 12 heteroatoms. The van der Waals surface area contributed by atoms with Gasteiger partial charge < -0.3 is 24.8 Å². The molecule has 0 radical (unpaired) electrons. The van der Waals surface area contributed by atoms with Crippen LogP contribution in [0.5, 0.6) is 0 Å². The molecule has 37 heavy (non-hydrogen) atoms. The number of piperazine rings is 1. The van der Waals surface area contributed by atoms with Crippen LogP contribution in [0.1, 0.15) is 26.1 Å². The first kappa shape index (κ1) is 25.3. The van der Waals surface area contributed by atoms with Crippen LogP contribution in [0.3, 0.4) is 0 Å². The van der Waals surface area contributed by atoms with E-state index in [-0.39, 0.29) is 11.9 Å². The number of fused-ring (bicyclic) bond motifs is 1. The van der Waals surface area contributed by atoms with Crippen molar-refractivity contribution in [2.75, 3.05) is 69.3 Å². The lowest BCUT2D eigenvalue weighted by atomic mass is 10.0. The topological polar surface area (TPSA) is 91.7 Å². The van der Waals surface area contributed by atoms with Crippen LogP contribution in [-0.2, 0) is 9.53 Å². The Balaban J connectivity index is 1.52. The van der Waals surface area contributed by atoms with Crippen molar-refractivity contribution in [2.24, 2.45) is 0 Å². The predicted molar refractivity (Wildman–Crippen MR) is 137 cm³/mol. The van der Waals surface area contributed by atoms with Gasteiger partial charge in [0.05, 0.1) is 29.8 Å². The molecule has 0 spiro atoms. The molecule has 3 aromatic rings. The molecule has 2 saturated heterocycles. The van der Waals surface area contributed by atoms with Gasteiger partial charge in [0.15, 0.2) is 5.82 Å². The summed E-state index contributed by atoms with van der Waals surface area (Å²) in [4.78, 5) is 32.6. The first-order valence-electron chi connectivity index (χ1n) is 12.5. The smallest absolute Gasteiger partial charge is 0.296 e. The number of imidazole rings is 1. The lowest BCUT2D eigenvalue weighted by molar-refractivity contribution is -0.137. The second-order valence-electron chi connectivity index (χ2n) is 9.73. The predicted octanol–water partition coefficient (Wildman–Crippen LogP) is 2.24. The Labute approximate surface area is 214 Å². The fourth-order valence-electron chi connectivity index (χ4n) is 4.67. The molecule has 0 unspecified atom stereocenters. The van der Waals surface area contributed by atoms with Crippen LogP contribution < -0.4 is 15.1 Å². The van der Waals surface area contributed by atoms with Crippen molar-refractivity contribution in [1.29, 1.82) is 0 Å². The second-order valence-corrected chi connectivity index (χ2v) is 9.73. The number of nitrogens with one attached hydrogen (secondary N) is 1. The monoisotopic (exact) mass is 514 g/mol. The number of hydrogen-bond acceptors (Lipinski definition) is 8. The summed E-state index contributed by atoms with van der Waals surface area (Å²) in [5, 5.41) is 3.07. The van der Waals surface area contributed by atoms with Gasteiger partial charge in [0.2, 0.25) is 11.9 Å². The van der Waals surface area contributed by atoms with Gasteiger partial charge in [-0.15, -0.1) is 0 Å². The largest absolute Gasteiger partial charge is 0.378 e. The van der Waals surface area contributed by atoms with Crippen LogP contribution in [0.25, 0.3) is 17.0 Å². The van der Waals surface area contributed by atoms with Crippen molar-refractivity contribution >= 4 is 28.6 Å². The molecule has 4 heterocycles. The zero-order valence-corrected chi connectivity index (χ0v) is 21.3. The highest BCUT2D eigenvalue weighted by molar-refractivity contribution is 5.85. The Morgan fingerprint density at radius 2 is 1.59 bits per heavy atom. The van der Waals surface area contributed by atoms with Crippen molar-refractivity contribution in [3.63, 3.8) is 0 Å². The fraction of sp³-hybridized carbons (Fsp3) is 0.520. The SMILES string of the molecule is CNC(C)(C)C(=O)N1CCN(c2cc(N3CCOCC3)nc(-n3c(C(F)F)nc4ccccc43)n2)CC1. The number of para-hydroxylation sites is 2. The normalized spacial score (nSPS) is 17.2. The molecule has 1 amide bonds. The first-order chi connectivity index (χ1) is 17.8. The first-order valence-corrected chi connectivity index (χ1v) is 12.5. The average Bonchev–Trinajstić information content (AvgIpc) is 3.33. The van der Waals surface area contributed by atoms with E-state index >= 15 is 0 Å². The highest BCUT2D eigenvalue weighted by atomic mass is 19.3. The van der Waals surface area contributed by atoms with Gasteiger partial charge in [-0.3, -0.25) is 9.36 Å². The van der Waals surface area contributed by atoms with E-state index in [2.05, 4.69) is 20.1 Å². The van der Waals surface area contributed by atoms with E-state index in [0.29, 0.717) is 75.2 Å². The highest BCUT2D eigenvalue weighted by Crippen LogP contribution is 2.29. The van der Waals surface area contributed by atoms with Crippen molar-refractivity contribution < 1.29 is 18.3 Å². The molecule has 5 rings (SSSR count). The van der Waals surface area contributed by atoms with Gasteiger partial charge in [-0.05, 0) is 33.0 Å². The van der Waals surface area contributed by atoms with E-state index in [1.807, 2.05) is 24.8 Å². The number of nitrogens with zero attached hydrogens (tertiary/aromatic N) is 7. The molecular weight excluding hydrogens is 482 g/mol. The van der Waals surface area contributed by atoms with Crippen LogP contribution in [-0.4, -0.2) is 95.4 Å². The summed E-state index contributed by atoms with van der Waals surface area (Å²) in [7, 11) is 1.77. The summed E-state index contributed by atoms with van der Waals surface area (Å²) in [5.41, 5.74) is 0.327. The molecule has 10 nitrogen and oxygen atoms in total. The zero-order valence-electron chi connectivity index (χ0n) is 21.3. The van der Waals surface area contributed by atoms with Crippen LogP contribution in [0.15, 0.2) is 30.3 Å². The van der Waals surface area contributed by atoms with Crippen molar-refractivity contribution in [3.05, 3.63) is 36.2 Å². The highest BCUT2D eigenvalue weighted by Gasteiger charge is 2.33. The number of carbonyl (C=O) groups is 1. The van der Waals surface area contributed by atoms with E-state index in [9.17, 15) is 13.6 Å². The number of aromatic nitrogens is 4. The number of anilines is 2. The van der Waals surface area contributed by atoms with Crippen LogP contribution in [0.4, 0.5) is 20.4 Å². The second kappa shape index (κ2) is 10.2. The quantitative estimate of drug-likeness (QED) is 0.536. The van der Waals surface area contributed by atoms with E-state index in [1.54, 1.807) is 31.3 Å². The lowest BCUT2D eigenvalue weighted by Crippen LogP contribution is -2.58. The Kier molecular flexibility index (Phi) is 6.95. The Morgan fingerprint density at radius 1 is 0.973 bits per heavy atom. The summed E-state index contributed by atoms with van der Waals surface area (Å²) < 4.78 is 35.0. The molecule has 0 saturated carbocycles. The maximum Gasteiger partial charge on any atom is 0.296 e. The molecule has 1 N–H and O–H groups in total. The van der Waals surface area contributed by atoms with Gasteiger partial charge >= 0.3 is 0 Å². The molecule has 1 aromatic carbocycles. The third-order valence-corrected chi connectivity index (χ3v) is 7.05. The minimum absolute atomic E-state index is 0.0403. The minimum Gasteiger partial charge on any atom is -0.378 e. The third kappa shape index (κ3) is 4.95. The lowest BCUT2D eigenvalue weighted by Gasteiger charge is -2.39. The van der Waals surface area contributed by atoms with Gasteiger partial charge in [-0.25, -0.2) is 13.8 Å². The molecule has 0 bridgehead atoms. The minimum atomic E-state index is -2.79. The maximum atomic E-state index is 14.1. The molecule has 2 fully saturated rings. The van der Waals surface area contributed by atoms with Crippen molar-refractivity contribution in [1.82, 2.24) is 29.7 Å². The molecule has 2 aliphatic rings. The number of rotatable bonds is 6. The number of alkyl halides is 2. The van der Waals surface area contributed by atoms with Crippen molar-refractivity contribution in [2.45, 2.75) is 25.8 Å². The van der Waals surface area contributed by atoms with Gasteiger partial charge in [-0.2, -0.15) is 9.97 Å². The Hall–Kier alpha value is -3.38. The number of carbonyl (C=O) groups excluding carboxylic acids is 1. The number of morpholine rings is 1. The summed E-state index contributed by atoms with van der Waals surface area (Å²) in [6, 6.07) is 8.89. The number of benzene rings is 1. The summed E-state index contributed by atoms with van der Waals surface area (Å²) in [5.74, 6) is 1.08. The van der Waals surface area contributed by atoms with Crippen molar-refractivity contribution in [3.8, 4) is 5.95 Å². The standard InChI is InChI=1S/C25H32F2N8O2/c1-25(2,28-3)23(36)34-10-8-32(9-11-34)19-16-20(33-12-14-37-15-13-33)31-24(30-19)35-18-7-5-4-6-17(18)29-22(35)21(26)27/h4-7,16,21,28H,8-15H2,1-3H3. The number of hydrogen-bond donors (Lipinski definition) is 1. The van der Waals surface area contributed by atoms with Crippen LogP contribution in [0.2, 0.25) is 0 Å². The zero-order chi connectivity index (χ0) is 26.2. The van der Waals surface area contributed by atoms with Crippen LogP contribution >= 0.6 is 0 Å². The summed E-state index contributed by atoms with van der Waals surface area (Å²) in [6.07, 6.45) is -2.79. The number of ether oxygens (including phenoxy) is 1. The average molecular weight is 515 g/mol. The maximum absolute atomic E-state index is 14.1. The molecule has 198 valence electrons. The Bertz CT molecular complexity index is 1270. The molecule has 0 atom stereocenters.